The van der Waals surface area contributed by atoms with Gasteiger partial charge in [-0.05, 0) is 26.5 Å². The maximum Gasteiger partial charge on any atom is 0.293 e. The van der Waals surface area contributed by atoms with E-state index in [4.69, 9.17) is 11.6 Å². The molecule has 1 unspecified atom stereocenters. The number of benzene rings is 1. The van der Waals surface area contributed by atoms with Crippen molar-refractivity contribution in [3.05, 3.63) is 33.3 Å². The number of rotatable bonds is 7. The minimum atomic E-state index is -0.424. The highest BCUT2D eigenvalue weighted by atomic mass is 35.5. The van der Waals surface area contributed by atoms with Gasteiger partial charge in [0, 0.05) is 25.2 Å². The first-order valence-electron chi connectivity index (χ1n) is 6.34. The van der Waals surface area contributed by atoms with Crippen LogP contribution >= 0.6 is 11.6 Å². The largest absolute Gasteiger partial charge is 0.377 e. The summed E-state index contributed by atoms with van der Waals surface area (Å²) in [6, 6.07) is 5.17. The van der Waals surface area contributed by atoms with Gasteiger partial charge < -0.3 is 10.2 Å². The zero-order valence-electron chi connectivity index (χ0n) is 11.5. The van der Waals surface area contributed by atoms with Crippen LogP contribution in [0.2, 0.25) is 5.02 Å². The smallest absolute Gasteiger partial charge is 0.293 e. The average molecular weight is 286 g/mol. The first-order valence-corrected chi connectivity index (χ1v) is 6.72. The van der Waals surface area contributed by atoms with E-state index in [1.807, 2.05) is 7.05 Å². The van der Waals surface area contributed by atoms with E-state index >= 15 is 0 Å². The second-order valence-corrected chi connectivity index (χ2v) is 4.96. The number of nitrogens with zero attached hydrogens (tertiary/aromatic N) is 2. The molecule has 0 aliphatic carbocycles. The minimum Gasteiger partial charge on any atom is -0.377 e. The zero-order chi connectivity index (χ0) is 14.4. The molecule has 1 aromatic carbocycles. The second kappa shape index (κ2) is 7.31. The Bertz CT molecular complexity index is 440. The fourth-order valence-electron chi connectivity index (χ4n) is 1.73. The molecule has 0 saturated heterocycles. The molecule has 0 aliphatic rings. The van der Waals surface area contributed by atoms with Crippen molar-refractivity contribution >= 4 is 23.0 Å². The lowest BCUT2D eigenvalue weighted by molar-refractivity contribution is -0.383. The first-order chi connectivity index (χ1) is 8.97. The van der Waals surface area contributed by atoms with Crippen molar-refractivity contribution in [3.63, 3.8) is 0 Å². The Hall–Kier alpha value is -1.33. The molecular formula is C13H20ClN3O2. The van der Waals surface area contributed by atoms with Gasteiger partial charge in [-0.25, -0.2) is 0 Å². The quantitative estimate of drug-likeness (QED) is 0.616. The highest BCUT2D eigenvalue weighted by Gasteiger charge is 2.16. The van der Waals surface area contributed by atoms with E-state index in [1.54, 1.807) is 12.1 Å². The van der Waals surface area contributed by atoms with Gasteiger partial charge in [0.15, 0.2) is 0 Å². The van der Waals surface area contributed by atoms with Gasteiger partial charge in [-0.2, -0.15) is 0 Å². The van der Waals surface area contributed by atoms with Crippen molar-refractivity contribution in [1.82, 2.24) is 4.90 Å². The van der Waals surface area contributed by atoms with Gasteiger partial charge in [0.25, 0.3) is 5.69 Å². The Labute approximate surface area is 118 Å². The van der Waals surface area contributed by atoms with E-state index in [0.717, 1.165) is 13.0 Å². The molecule has 19 heavy (non-hydrogen) atoms. The van der Waals surface area contributed by atoms with Crippen LogP contribution in [0.3, 0.4) is 0 Å². The SMILES string of the molecule is CCC(C)N(C)CCNc1c(Cl)cccc1[N+](=O)[O-]. The molecule has 1 aromatic rings. The fraction of sp³-hybridized carbons (Fsp3) is 0.538. The van der Waals surface area contributed by atoms with Crippen LogP contribution in [0.5, 0.6) is 0 Å². The summed E-state index contributed by atoms with van der Waals surface area (Å²) >= 11 is 6.00. The molecular weight excluding hydrogens is 266 g/mol. The predicted octanol–water partition coefficient (Wildman–Crippen LogP) is 3.39. The van der Waals surface area contributed by atoms with Crippen LogP contribution in [0.4, 0.5) is 11.4 Å². The molecule has 106 valence electrons. The number of nitro groups is 1. The summed E-state index contributed by atoms with van der Waals surface area (Å²) in [7, 11) is 2.04. The number of hydrogen-bond donors (Lipinski definition) is 1. The standard InChI is InChI=1S/C13H20ClN3O2/c1-4-10(2)16(3)9-8-15-13-11(14)6-5-7-12(13)17(18)19/h5-7,10,15H,4,8-9H2,1-3H3. The van der Waals surface area contributed by atoms with Crippen molar-refractivity contribution in [1.29, 1.82) is 0 Å². The van der Waals surface area contributed by atoms with Crippen LogP contribution in [0, 0.1) is 10.1 Å². The molecule has 1 atom stereocenters. The summed E-state index contributed by atoms with van der Waals surface area (Å²) in [5.74, 6) is 0. The molecule has 6 heteroatoms. The van der Waals surface area contributed by atoms with Crippen LogP contribution in [-0.2, 0) is 0 Å². The molecule has 0 fully saturated rings. The monoisotopic (exact) mass is 285 g/mol. The van der Waals surface area contributed by atoms with Gasteiger partial charge in [0.05, 0.1) is 9.95 Å². The Morgan fingerprint density at radius 1 is 1.53 bits per heavy atom. The number of hydrogen-bond acceptors (Lipinski definition) is 4. The lowest BCUT2D eigenvalue weighted by atomic mass is 10.2. The van der Waals surface area contributed by atoms with Gasteiger partial charge in [0.2, 0.25) is 0 Å². The van der Waals surface area contributed by atoms with Crippen LogP contribution in [0.1, 0.15) is 20.3 Å². The predicted molar refractivity (Wildman–Crippen MR) is 79.0 cm³/mol. The summed E-state index contributed by atoms with van der Waals surface area (Å²) in [4.78, 5) is 12.7. The molecule has 0 amide bonds. The molecule has 0 aromatic heterocycles. The van der Waals surface area contributed by atoms with Crippen LogP contribution < -0.4 is 5.32 Å². The van der Waals surface area contributed by atoms with Gasteiger partial charge in [0.1, 0.15) is 5.69 Å². The minimum absolute atomic E-state index is 0.0127. The van der Waals surface area contributed by atoms with Crippen LogP contribution in [0.15, 0.2) is 18.2 Å². The third-order valence-corrected chi connectivity index (χ3v) is 3.61. The maximum absolute atomic E-state index is 10.9. The number of halogens is 1. The third-order valence-electron chi connectivity index (χ3n) is 3.30. The molecule has 0 radical (unpaired) electrons. The highest BCUT2D eigenvalue weighted by Crippen LogP contribution is 2.31. The topological polar surface area (TPSA) is 58.4 Å². The summed E-state index contributed by atoms with van der Waals surface area (Å²) in [6.45, 7) is 5.70. The number of anilines is 1. The van der Waals surface area contributed by atoms with Gasteiger partial charge >= 0.3 is 0 Å². The van der Waals surface area contributed by atoms with E-state index in [0.29, 0.717) is 23.3 Å². The molecule has 1 N–H and O–H groups in total. The number of para-hydroxylation sites is 1. The Kier molecular flexibility index (Phi) is 6.05. The van der Waals surface area contributed by atoms with Crippen molar-refractivity contribution in [3.8, 4) is 0 Å². The number of nitrogens with one attached hydrogen (secondary N) is 1. The summed E-state index contributed by atoms with van der Waals surface area (Å²) in [5, 5.41) is 14.4. The van der Waals surface area contributed by atoms with E-state index in [9.17, 15) is 10.1 Å². The van der Waals surface area contributed by atoms with Gasteiger partial charge in [-0.3, -0.25) is 10.1 Å². The highest BCUT2D eigenvalue weighted by molar-refractivity contribution is 6.33. The summed E-state index contributed by atoms with van der Waals surface area (Å²) in [5.41, 5.74) is 0.408. The molecule has 0 heterocycles. The molecule has 0 saturated carbocycles. The Morgan fingerprint density at radius 3 is 2.79 bits per heavy atom. The van der Waals surface area contributed by atoms with E-state index in [-0.39, 0.29) is 5.69 Å². The maximum atomic E-state index is 10.9. The molecule has 1 rings (SSSR count). The van der Waals surface area contributed by atoms with E-state index in [2.05, 4.69) is 24.1 Å². The van der Waals surface area contributed by atoms with Crippen molar-refractivity contribution < 1.29 is 4.92 Å². The fourth-order valence-corrected chi connectivity index (χ4v) is 1.97. The normalized spacial score (nSPS) is 12.5. The van der Waals surface area contributed by atoms with Crippen molar-refractivity contribution in [2.24, 2.45) is 0 Å². The number of nitro benzene ring substituents is 1. The van der Waals surface area contributed by atoms with E-state index < -0.39 is 4.92 Å². The molecule has 5 nitrogen and oxygen atoms in total. The lowest BCUT2D eigenvalue weighted by Gasteiger charge is -2.23. The Morgan fingerprint density at radius 2 is 2.21 bits per heavy atom. The van der Waals surface area contributed by atoms with Crippen molar-refractivity contribution in [2.75, 3.05) is 25.5 Å². The average Bonchev–Trinajstić information content (AvgIpc) is 2.39. The molecule has 0 aliphatic heterocycles. The summed E-state index contributed by atoms with van der Waals surface area (Å²) < 4.78 is 0. The zero-order valence-corrected chi connectivity index (χ0v) is 12.3. The first kappa shape index (κ1) is 15.7. The van der Waals surface area contributed by atoms with E-state index in [1.165, 1.54) is 6.07 Å². The lowest BCUT2D eigenvalue weighted by Crippen LogP contribution is -2.32. The molecule has 0 spiro atoms. The second-order valence-electron chi connectivity index (χ2n) is 4.56. The number of likely N-dealkylation sites (N-methyl/N-ethyl adjacent to an activating group) is 1. The van der Waals surface area contributed by atoms with Crippen LogP contribution in [0.25, 0.3) is 0 Å². The molecule has 0 bridgehead atoms. The van der Waals surface area contributed by atoms with Gasteiger partial charge in [-0.15, -0.1) is 0 Å². The Balaban J connectivity index is 2.65. The van der Waals surface area contributed by atoms with Gasteiger partial charge in [-0.1, -0.05) is 24.6 Å². The van der Waals surface area contributed by atoms with Crippen LogP contribution in [-0.4, -0.2) is 36.0 Å². The third kappa shape index (κ3) is 4.36. The summed E-state index contributed by atoms with van der Waals surface area (Å²) in [6.07, 6.45) is 1.07. The van der Waals surface area contributed by atoms with Crippen molar-refractivity contribution in [2.45, 2.75) is 26.3 Å².